The van der Waals surface area contributed by atoms with Crippen molar-refractivity contribution in [3.05, 3.63) is 35.9 Å². The summed E-state index contributed by atoms with van der Waals surface area (Å²) in [5.41, 5.74) is 6.86. The van der Waals surface area contributed by atoms with Gasteiger partial charge in [0.25, 0.3) is 0 Å². The van der Waals surface area contributed by atoms with E-state index in [1.54, 1.807) is 0 Å². The average Bonchev–Trinajstić information content (AvgIpc) is 2.55. The molecule has 3 N–H and O–H groups in total. The molecule has 7 heteroatoms. The molecule has 0 bridgehead atoms. The summed E-state index contributed by atoms with van der Waals surface area (Å²) in [7, 11) is -3.37. The molecule has 2 rings (SSSR count). The molecule has 1 saturated carbocycles. The Labute approximate surface area is 157 Å². The number of rotatable bonds is 8. The fourth-order valence-electron chi connectivity index (χ4n) is 3.34. The van der Waals surface area contributed by atoms with Crippen molar-refractivity contribution in [3.63, 3.8) is 0 Å². The van der Waals surface area contributed by atoms with Gasteiger partial charge in [0.05, 0.1) is 5.75 Å². The number of hydrogen-bond donors (Lipinski definition) is 2. The Morgan fingerprint density at radius 2 is 1.84 bits per heavy atom. The van der Waals surface area contributed by atoms with Crippen molar-refractivity contribution in [1.29, 1.82) is 0 Å². The van der Waals surface area contributed by atoms with Crippen molar-refractivity contribution in [2.75, 3.05) is 18.1 Å². The fraction of sp³-hybridized carbons (Fsp3) is 0.611. The topological polar surface area (TPSA) is 89.3 Å². The highest BCUT2D eigenvalue weighted by Crippen LogP contribution is 2.23. The summed E-state index contributed by atoms with van der Waals surface area (Å²) in [5, 5.41) is 2.89. The van der Waals surface area contributed by atoms with Crippen LogP contribution in [0.15, 0.2) is 30.3 Å². The molecular weight excluding hydrogens is 360 g/mol. The van der Waals surface area contributed by atoms with Crippen molar-refractivity contribution >= 4 is 28.2 Å². The summed E-state index contributed by atoms with van der Waals surface area (Å²) in [6, 6.07) is 9.80. The molecule has 2 atom stereocenters. The van der Waals surface area contributed by atoms with Gasteiger partial charge in [-0.1, -0.05) is 43.2 Å². The molecule has 0 aromatic heterocycles. The van der Waals surface area contributed by atoms with Crippen LogP contribution in [0.25, 0.3) is 0 Å². The second kappa shape index (κ2) is 10.8. The van der Waals surface area contributed by atoms with Crippen molar-refractivity contribution in [1.82, 2.24) is 5.32 Å². The number of carbonyl (C=O) groups excluding carboxylic acids is 1. The lowest BCUT2D eigenvalue weighted by Crippen LogP contribution is -2.46. The molecule has 1 amide bonds. The normalized spacial score (nSPS) is 20.5. The van der Waals surface area contributed by atoms with E-state index in [2.05, 4.69) is 5.32 Å². The van der Waals surface area contributed by atoms with Crippen LogP contribution in [-0.2, 0) is 21.1 Å². The lowest BCUT2D eigenvalue weighted by Gasteiger charge is -2.31. The number of carbonyl (C=O) groups is 1. The maximum absolute atomic E-state index is 12.1. The van der Waals surface area contributed by atoms with Gasteiger partial charge in [0, 0.05) is 6.04 Å². The van der Waals surface area contributed by atoms with Crippen molar-refractivity contribution in [2.45, 2.75) is 44.6 Å². The lowest BCUT2D eigenvalue weighted by atomic mass is 9.84. The Hall–Kier alpha value is -1.11. The minimum absolute atomic E-state index is 0. The molecule has 1 aliphatic carbocycles. The van der Waals surface area contributed by atoms with Gasteiger partial charge >= 0.3 is 0 Å². The summed E-state index contributed by atoms with van der Waals surface area (Å²) in [6.07, 6.45) is 5.33. The van der Waals surface area contributed by atoms with E-state index < -0.39 is 15.6 Å². The number of nitrogens with one attached hydrogen (secondary N) is 1. The Bertz CT molecular complexity index is 622. The van der Waals surface area contributed by atoms with E-state index >= 15 is 0 Å². The van der Waals surface area contributed by atoms with Gasteiger partial charge in [-0.05, 0) is 43.7 Å². The van der Waals surface area contributed by atoms with Gasteiger partial charge in [-0.15, -0.1) is 12.4 Å². The minimum atomic E-state index is -3.37. The van der Waals surface area contributed by atoms with E-state index in [0.717, 1.165) is 31.2 Å². The maximum atomic E-state index is 12.1. The monoisotopic (exact) mass is 388 g/mol. The molecule has 5 nitrogen and oxygen atoms in total. The van der Waals surface area contributed by atoms with Crippen molar-refractivity contribution in [2.24, 2.45) is 11.7 Å². The molecule has 1 fully saturated rings. The number of nitrogens with two attached hydrogens (primary N) is 1. The van der Waals surface area contributed by atoms with Crippen LogP contribution < -0.4 is 11.1 Å². The first-order valence-corrected chi connectivity index (χ1v) is 10.6. The van der Waals surface area contributed by atoms with Gasteiger partial charge < -0.3 is 11.1 Å². The fourth-order valence-corrected chi connectivity index (χ4v) is 4.55. The first-order chi connectivity index (χ1) is 11.5. The third-order valence-corrected chi connectivity index (χ3v) is 6.29. The van der Waals surface area contributed by atoms with E-state index in [1.165, 1.54) is 0 Å². The quantitative estimate of drug-likeness (QED) is 0.713. The van der Waals surface area contributed by atoms with Crippen LogP contribution >= 0.6 is 12.4 Å². The van der Waals surface area contributed by atoms with Crippen LogP contribution in [0, 0.1) is 5.92 Å². The maximum Gasteiger partial charge on any atom is 0.235 e. The zero-order valence-electron chi connectivity index (χ0n) is 14.5. The molecule has 1 aromatic carbocycles. The largest absolute Gasteiger partial charge is 0.352 e. The van der Waals surface area contributed by atoms with Crippen LogP contribution in [0.2, 0.25) is 0 Å². The SMILES string of the molecule is Cl.NCC1CCCCC1NC(=O)CS(=O)(=O)CCCc1ccccc1. The third kappa shape index (κ3) is 7.75. The summed E-state index contributed by atoms with van der Waals surface area (Å²) in [5.74, 6) is -0.501. The molecule has 0 aliphatic heterocycles. The lowest BCUT2D eigenvalue weighted by molar-refractivity contribution is -0.119. The zero-order valence-corrected chi connectivity index (χ0v) is 16.2. The second-order valence-electron chi connectivity index (χ2n) is 6.64. The molecule has 0 heterocycles. The molecular formula is C18H29ClN2O3S. The van der Waals surface area contributed by atoms with E-state index in [4.69, 9.17) is 5.73 Å². The molecule has 0 radical (unpaired) electrons. The minimum Gasteiger partial charge on any atom is -0.352 e. The van der Waals surface area contributed by atoms with Gasteiger partial charge in [-0.25, -0.2) is 8.42 Å². The van der Waals surface area contributed by atoms with Crippen LogP contribution in [0.5, 0.6) is 0 Å². The number of aryl methyl sites for hydroxylation is 1. The van der Waals surface area contributed by atoms with Gasteiger partial charge in [-0.2, -0.15) is 0 Å². The summed E-state index contributed by atoms with van der Waals surface area (Å²) in [6.45, 7) is 0.536. The molecule has 0 saturated heterocycles. The van der Waals surface area contributed by atoms with E-state index in [1.807, 2.05) is 30.3 Å². The van der Waals surface area contributed by atoms with Gasteiger partial charge in [0.1, 0.15) is 5.75 Å². The van der Waals surface area contributed by atoms with Crippen LogP contribution in [0.1, 0.15) is 37.7 Å². The van der Waals surface area contributed by atoms with E-state index in [-0.39, 0.29) is 36.0 Å². The predicted octanol–water partition coefficient (Wildman–Crippen LogP) is 2.09. The standard InChI is InChI=1S/C18H28N2O3S.ClH/c19-13-16-10-4-5-11-17(16)20-18(21)14-24(22,23)12-6-9-15-7-2-1-3-8-15;/h1-3,7-8,16-17H,4-6,9-14,19H2,(H,20,21);1H. The number of sulfone groups is 1. The zero-order chi connectivity index (χ0) is 17.4. The third-order valence-electron chi connectivity index (χ3n) is 4.67. The molecule has 1 aliphatic rings. The number of benzene rings is 1. The average molecular weight is 389 g/mol. The highest BCUT2D eigenvalue weighted by molar-refractivity contribution is 7.92. The van der Waals surface area contributed by atoms with Gasteiger partial charge in [0.15, 0.2) is 9.84 Å². The van der Waals surface area contributed by atoms with Gasteiger partial charge in [0.2, 0.25) is 5.91 Å². The first kappa shape index (κ1) is 21.9. The predicted molar refractivity (Wildman–Crippen MR) is 104 cm³/mol. The van der Waals surface area contributed by atoms with E-state index in [0.29, 0.717) is 19.4 Å². The second-order valence-corrected chi connectivity index (χ2v) is 8.82. The Balaban J connectivity index is 0.00000312. The van der Waals surface area contributed by atoms with Gasteiger partial charge in [-0.3, -0.25) is 4.79 Å². The highest BCUT2D eigenvalue weighted by atomic mass is 35.5. The summed E-state index contributed by atoms with van der Waals surface area (Å²) in [4.78, 5) is 12.1. The number of halogens is 1. The number of amides is 1. The van der Waals surface area contributed by atoms with Crippen molar-refractivity contribution < 1.29 is 13.2 Å². The Morgan fingerprint density at radius 3 is 2.52 bits per heavy atom. The van der Waals surface area contributed by atoms with E-state index in [9.17, 15) is 13.2 Å². The van der Waals surface area contributed by atoms with Crippen LogP contribution in [0.4, 0.5) is 0 Å². The molecule has 1 aromatic rings. The molecule has 142 valence electrons. The smallest absolute Gasteiger partial charge is 0.235 e. The van der Waals surface area contributed by atoms with Crippen LogP contribution in [-0.4, -0.2) is 38.4 Å². The Kier molecular flexibility index (Phi) is 9.46. The van der Waals surface area contributed by atoms with Crippen LogP contribution in [0.3, 0.4) is 0 Å². The Morgan fingerprint density at radius 1 is 1.16 bits per heavy atom. The highest BCUT2D eigenvalue weighted by Gasteiger charge is 2.26. The van der Waals surface area contributed by atoms with Crippen molar-refractivity contribution in [3.8, 4) is 0 Å². The number of hydrogen-bond acceptors (Lipinski definition) is 4. The molecule has 0 spiro atoms. The summed E-state index contributed by atoms with van der Waals surface area (Å²) >= 11 is 0. The molecule has 25 heavy (non-hydrogen) atoms. The first-order valence-electron chi connectivity index (χ1n) is 8.74. The summed E-state index contributed by atoms with van der Waals surface area (Å²) < 4.78 is 24.3. The molecule has 2 unspecified atom stereocenters.